The van der Waals surface area contributed by atoms with Crippen molar-refractivity contribution in [1.82, 2.24) is 4.72 Å². The van der Waals surface area contributed by atoms with Gasteiger partial charge < -0.3 is 9.69 Å². The van der Waals surface area contributed by atoms with E-state index in [9.17, 15) is 13.2 Å². The van der Waals surface area contributed by atoms with Crippen LogP contribution in [0.15, 0.2) is 29.2 Å². The maximum atomic E-state index is 12.5. The largest absolute Gasteiger partial charge is 0.370 e. The molecule has 1 aliphatic heterocycles. The third kappa shape index (κ3) is 3.27. The smallest absolute Gasteiger partial charge is 0.242 e. The summed E-state index contributed by atoms with van der Waals surface area (Å²) in [5.41, 5.74) is 0.745. The molecule has 0 spiro atoms. The molecule has 1 N–H and O–H groups in total. The van der Waals surface area contributed by atoms with Crippen LogP contribution in [0.3, 0.4) is 0 Å². The highest BCUT2D eigenvalue weighted by molar-refractivity contribution is 7.89. The molecule has 0 radical (unpaired) electrons. The van der Waals surface area contributed by atoms with Crippen molar-refractivity contribution >= 4 is 22.0 Å². The highest BCUT2D eigenvalue weighted by atomic mass is 32.2. The SMILES string of the molecule is O=CC1CCN(c2ccccc2S(=O)(=O)NC2CC2)CC1. The van der Waals surface area contributed by atoms with E-state index in [1.165, 1.54) is 0 Å². The lowest BCUT2D eigenvalue weighted by Crippen LogP contribution is -2.36. The zero-order chi connectivity index (χ0) is 14.9. The number of benzene rings is 1. The molecule has 1 aromatic rings. The minimum absolute atomic E-state index is 0.101. The maximum Gasteiger partial charge on any atom is 0.242 e. The Kier molecular flexibility index (Phi) is 3.99. The predicted molar refractivity (Wildman–Crippen MR) is 80.8 cm³/mol. The van der Waals surface area contributed by atoms with Crippen LogP contribution in [-0.4, -0.2) is 33.8 Å². The number of carbonyl (C=O) groups excluding carboxylic acids is 1. The molecule has 6 heteroatoms. The summed E-state index contributed by atoms with van der Waals surface area (Å²) in [5, 5.41) is 0. The molecule has 0 bridgehead atoms. The number of aldehydes is 1. The lowest BCUT2D eigenvalue weighted by Gasteiger charge is -2.32. The molecule has 114 valence electrons. The topological polar surface area (TPSA) is 66.5 Å². The summed E-state index contributed by atoms with van der Waals surface area (Å²) in [4.78, 5) is 13.3. The van der Waals surface area contributed by atoms with Gasteiger partial charge in [0, 0.05) is 25.0 Å². The monoisotopic (exact) mass is 308 g/mol. The Morgan fingerprint density at radius 1 is 1.10 bits per heavy atom. The second-order valence-electron chi connectivity index (χ2n) is 5.82. The number of nitrogens with one attached hydrogen (secondary N) is 1. The number of sulfonamides is 1. The van der Waals surface area contributed by atoms with Gasteiger partial charge in [0.2, 0.25) is 10.0 Å². The Morgan fingerprint density at radius 2 is 1.76 bits per heavy atom. The Labute approximate surface area is 125 Å². The molecule has 1 aromatic carbocycles. The molecule has 2 fully saturated rings. The molecule has 2 aliphatic rings. The van der Waals surface area contributed by atoms with Crippen molar-refractivity contribution in [1.29, 1.82) is 0 Å². The van der Waals surface area contributed by atoms with Gasteiger partial charge in [-0.15, -0.1) is 0 Å². The van der Waals surface area contributed by atoms with Crippen molar-refractivity contribution in [3.05, 3.63) is 24.3 Å². The average Bonchev–Trinajstić information content (AvgIpc) is 3.31. The van der Waals surface area contributed by atoms with Gasteiger partial charge in [-0.05, 0) is 37.8 Å². The standard InChI is InChI=1S/C15H20N2O3S/c18-11-12-7-9-17(10-8-12)14-3-1-2-4-15(14)21(19,20)16-13-5-6-13/h1-4,11-13,16H,5-10H2. The molecule has 0 aromatic heterocycles. The van der Waals surface area contributed by atoms with E-state index in [1.807, 2.05) is 12.1 Å². The minimum Gasteiger partial charge on any atom is -0.370 e. The molecule has 0 unspecified atom stereocenters. The Hall–Kier alpha value is -1.40. The van der Waals surface area contributed by atoms with Gasteiger partial charge >= 0.3 is 0 Å². The van der Waals surface area contributed by atoms with Crippen LogP contribution in [-0.2, 0) is 14.8 Å². The fourth-order valence-corrected chi connectivity index (χ4v) is 4.24. The average molecular weight is 308 g/mol. The van der Waals surface area contributed by atoms with Gasteiger partial charge in [0.15, 0.2) is 0 Å². The molecule has 5 nitrogen and oxygen atoms in total. The number of carbonyl (C=O) groups is 1. The first kappa shape index (κ1) is 14.5. The van der Waals surface area contributed by atoms with Crippen molar-refractivity contribution in [2.24, 2.45) is 5.92 Å². The van der Waals surface area contributed by atoms with Crippen molar-refractivity contribution in [2.75, 3.05) is 18.0 Å². The number of piperidine rings is 1. The van der Waals surface area contributed by atoms with Gasteiger partial charge in [0.1, 0.15) is 11.2 Å². The van der Waals surface area contributed by atoms with E-state index >= 15 is 0 Å². The zero-order valence-corrected chi connectivity index (χ0v) is 12.7. The Morgan fingerprint density at radius 3 is 2.38 bits per heavy atom. The van der Waals surface area contributed by atoms with Gasteiger partial charge in [-0.2, -0.15) is 0 Å². The second kappa shape index (κ2) is 5.77. The molecule has 0 amide bonds. The highest BCUT2D eigenvalue weighted by Crippen LogP contribution is 2.30. The van der Waals surface area contributed by atoms with Gasteiger partial charge in [0.25, 0.3) is 0 Å². The first-order chi connectivity index (χ1) is 10.1. The molecular weight excluding hydrogens is 288 g/mol. The summed E-state index contributed by atoms with van der Waals surface area (Å²) >= 11 is 0. The van der Waals surface area contributed by atoms with Crippen LogP contribution in [0.25, 0.3) is 0 Å². The second-order valence-corrected chi connectivity index (χ2v) is 7.51. The fraction of sp³-hybridized carbons (Fsp3) is 0.533. The van der Waals surface area contributed by atoms with E-state index in [-0.39, 0.29) is 12.0 Å². The summed E-state index contributed by atoms with van der Waals surface area (Å²) in [6, 6.07) is 7.22. The van der Waals surface area contributed by atoms with Gasteiger partial charge in [-0.25, -0.2) is 13.1 Å². The summed E-state index contributed by atoms with van der Waals surface area (Å²) < 4.78 is 27.7. The van der Waals surface area contributed by atoms with Crippen molar-refractivity contribution in [2.45, 2.75) is 36.6 Å². The van der Waals surface area contributed by atoms with E-state index < -0.39 is 10.0 Å². The van der Waals surface area contributed by atoms with Crippen LogP contribution in [0.5, 0.6) is 0 Å². The molecule has 21 heavy (non-hydrogen) atoms. The molecule has 1 saturated heterocycles. The van der Waals surface area contributed by atoms with E-state index in [0.29, 0.717) is 4.90 Å². The number of para-hydroxylation sites is 1. The Bertz CT molecular complexity index is 618. The number of rotatable bonds is 5. The molecule has 1 heterocycles. The van der Waals surface area contributed by atoms with E-state index in [1.54, 1.807) is 12.1 Å². The van der Waals surface area contributed by atoms with Gasteiger partial charge in [0.05, 0.1) is 5.69 Å². The lowest BCUT2D eigenvalue weighted by molar-refractivity contribution is -0.111. The number of anilines is 1. The van der Waals surface area contributed by atoms with Crippen LogP contribution >= 0.6 is 0 Å². The van der Waals surface area contributed by atoms with Crippen LogP contribution in [0.2, 0.25) is 0 Å². The van der Waals surface area contributed by atoms with Crippen molar-refractivity contribution < 1.29 is 13.2 Å². The van der Waals surface area contributed by atoms with E-state index in [4.69, 9.17) is 0 Å². The van der Waals surface area contributed by atoms with E-state index in [0.717, 1.165) is 50.7 Å². The molecule has 3 rings (SSSR count). The number of hydrogen-bond acceptors (Lipinski definition) is 4. The molecular formula is C15H20N2O3S. The Balaban J connectivity index is 1.84. The highest BCUT2D eigenvalue weighted by Gasteiger charge is 2.30. The fourth-order valence-electron chi connectivity index (χ4n) is 2.71. The quantitative estimate of drug-likeness (QED) is 0.838. The van der Waals surface area contributed by atoms with Crippen LogP contribution < -0.4 is 9.62 Å². The van der Waals surface area contributed by atoms with Crippen LogP contribution in [0.1, 0.15) is 25.7 Å². The summed E-state index contributed by atoms with van der Waals surface area (Å²) in [5.74, 6) is 0.106. The normalized spacial score (nSPS) is 20.5. The third-order valence-corrected chi connectivity index (χ3v) is 5.69. The number of nitrogens with zero attached hydrogens (tertiary/aromatic N) is 1. The molecule has 1 saturated carbocycles. The van der Waals surface area contributed by atoms with Crippen LogP contribution in [0.4, 0.5) is 5.69 Å². The zero-order valence-electron chi connectivity index (χ0n) is 11.9. The third-order valence-electron chi connectivity index (χ3n) is 4.13. The lowest BCUT2D eigenvalue weighted by atomic mass is 9.98. The van der Waals surface area contributed by atoms with Gasteiger partial charge in [-0.3, -0.25) is 0 Å². The molecule has 1 aliphatic carbocycles. The predicted octanol–water partition coefficient (Wildman–Crippen LogP) is 1.54. The first-order valence-electron chi connectivity index (χ1n) is 7.42. The van der Waals surface area contributed by atoms with Gasteiger partial charge in [-0.1, -0.05) is 12.1 Å². The summed E-state index contributed by atoms with van der Waals surface area (Å²) in [7, 11) is -3.46. The minimum atomic E-state index is -3.46. The van der Waals surface area contributed by atoms with E-state index in [2.05, 4.69) is 9.62 Å². The molecule has 0 atom stereocenters. The maximum absolute atomic E-state index is 12.5. The van der Waals surface area contributed by atoms with Crippen molar-refractivity contribution in [3.8, 4) is 0 Å². The number of hydrogen-bond donors (Lipinski definition) is 1. The first-order valence-corrected chi connectivity index (χ1v) is 8.90. The summed E-state index contributed by atoms with van der Waals surface area (Å²) in [6.07, 6.45) is 4.43. The van der Waals surface area contributed by atoms with Crippen LogP contribution in [0, 0.1) is 5.92 Å². The summed E-state index contributed by atoms with van der Waals surface area (Å²) in [6.45, 7) is 1.44. The van der Waals surface area contributed by atoms with Crippen molar-refractivity contribution in [3.63, 3.8) is 0 Å².